The van der Waals surface area contributed by atoms with Gasteiger partial charge in [-0.3, -0.25) is 4.98 Å². The summed E-state index contributed by atoms with van der Waals surface area (Å²) in [6.07, 6.45) is 5.38. The Morgan fingerprint density at radius 1 is 1.15 bits per heavy atom. The summed E-state index contributed by atoms with van der Waals surface area (Å²) >= 11 is 0. The lowest BCUT2D eigenvalue weighted by atomic mass is 10.2. The molecule has 20 heavy (non-hydrogen) atoms. The Labute approximate surface area is 117 Å². The highest BCUT2D eigenvalue weighted by atomic mass is 19.1. The zero-order chi connectivity index (χ0) is 13.8. The average Bonchev–Trinajstić information content (AvgIpc) is 3.28. The maximum absolute atomic E-state index is 13.0. The van der Waals surface area contributed by atoms with Crippen molar-refractivity contribution in [3.05, 3.63) is 59.7 Å². The van der Waals surface area contributed by atoms with Crippen molar-refractivity contribution in [3.63, 3.8) is 0 Å². The zero-order valence-electron chi connectivity index (χ0n) is 11.2. The van der Waals surface area contributed by atoms with E-state index in [9.17, 15) is 4.39 Å². The molecule has 1 aromatic heterocycles. The smallest absolute Gasteiger partial charge is 0.141 e. The molecule has 2 aromatic rings. The monoisotopic (exact) mass is 272 g/mol. The van der Waals surface area contributed by atoms with Crippen LogP contribution in [0.15, 0.2) is 42.7 Å². The predicted octanol–water partition coefficient (Wildman–Crippen LogP) is 3.05. The topological polar surface area (TPSA) is 34.1 Å². The summed E-state index contributed by atoms with van der Waals surface area (Å²) in [6.45, 7) is 1.23. The number of nitrogens with one attached hydrogen (secondary N) is 1. The van der Waals surface area contributed by atoms with Crippen molar-refractivity contribution < 1.29 is 9.13 Å². The molecule has 1 aliphatic rings. The molecule has 0 unspecified atom stereocenters. The van der Waals surface area contributed by atoms with Gasteiger partial charge in [-0.1, -0.05) is 12.1 Å². The van der Waals surface area contributed by atoms with E-state index in [4.69, 9.17) is 4.74 Å². The van der Waals surface area contributed by atoms with Gasteiger partial charge in [0.15, 0.2) is 0 Å². The van der Waals surface area contributed by atoms with Crippen LogP contribution in [0.2, 0.25) is 0 Å². The molecule has 1 heterocycles. The Morgan fingerprint density at radius 3 is 2.65 bits per heavy atom. The first-order chi connectivity index (χ1) is 9.79. The highest BCUT2D eigenvalue weighted by Crippen LogP contribution is 2.20. The second kappa shape index (κ2) is 6.01. The molecule has 3 nitrogen and oxygen atoms in total. The summed E-state index contributed by atoms with van der Waals surface area (Å²) < 4.78 is 18.6. The minimum Gasteiger partial charge on any atom is -0.489 e. The molecule has 1 saturated carbocycles. The average molecular weight is 272 g/mol. The molecule has 1 aromatic carbocycles. The first-order valence-corrected chi connectivity index (χ1v) is 6.84. The Morgan fingerprint density at radius 2 is 1.95 bits per heavy atom. The molecule has 104 valence electrons. The van der Waals surface area contributed by atoms with Gasteiger partial charge in [-0.05, 0) is 36.6 Å². The van der Waals surface area contributed by atoms with Crippen LogP contribution in [0, 0.1) is 5.82 Å². The predicted molar refractivity (Wildman–Crippen MR) is 74.8 cm³/mol. The SMILES string of the molecule is Fc1cncc(COc2ccc(CNC3CC3)cc2)c1. The van der Waals surface area contributed by atoms with Crippen LogP contribution in [0.4, 0.5) is 4.39 Å². The number of rotatable bonds is 6. The molecule has 0 amide bonds. The largest absolute Gasteiger partial charge is 0.489 e. The van der Waals surface area contributed by atoms with E-state index in [1.165, 1.54) is 30.7 Å². The molecule has 1 N–H and O–H groups in total. The molecule has 3 rings (SSSR count). The molecule has 1 fully saturated rings. The zero-order valence-corrected chi connectivity index (χ0v) is 11.2. The Bertz CT molecular complexity index is 567. The number of hydrogen-bond acceptors (Lipinski definition) is 3. The Hall–Kier alpha value is -1.94. The van der Waals surface area contributed by atoms with E-state index in [2.05, 4.69) is 22.4 Å². The lowest BCUT2D eigenvalue weighted by molar-refractivity contribution is 0.305. The van der Waals surface area contributed by atoms with E-state index in [1.807, 2.05) is 12.1 Å². The highest BCUT2D eigenvalue weighted by molar-refractivity contribution is 5.27. The van der Waals surface area contributed by atoms with Gasteiger partial charge in [0.1, 0.15) is 18.2 Å². The Kier molecular flexibility index (Phi) is 3.92. The van der Waals surface area contributed by atoms with Crippen molar-refractivity contribution in [2.75, 3.05) is 0 Å². The highest BCUT2D eigenvalue weighted by Gasteiger charge is 2.19. The van der Waals surface area contributed by atoms with E-state index in [0.29, 0.717) is 12.6 Å². The molecule has 0 bridgehead atoms. The second-order valence-electron chi connectivity index (χ2n) is 5.10. The summed E-state index contributed by atoms with van der Waals surface area (Å²) in [5.41, 5.74) is 1.97. The third-order valence-corrected chi connectivity index (χ3v) is 3.26. The van der Waals surface area contributed by atoms with Crippen molar-refractivity contribution >= 4 is 0 Å². The number of halogens is 1. The van der Waals surface area contributed by atoms with Crippen molar-refractivity contribution in [2.45, 2.75) is 32.0 Å². The third kappa shape index (κ3) is 3.78. The number of aromatic nitrogens is 1. The summed E-state index contributed by atoms with van der Waals surface area (Å²) in [4.78, 5) is 3.79. The standard InChI is InChI=1S/C16H17FN2O/c17-14-7-13(8-18-10-14)11-20-16-5-1-12(2-6-16)9-19-15-3-4-15/h1-2,5-8,10,15,19H,3-4,9,11H2. The molecule has 4 heteroatoms. The number of pyridine rings is 1. The molecule has 1 aliphatic carbocycles. The molecular formula is C16H17FN2O. The van der Waals surface area contributed by atoms with Crippen LogP contribution in [0.1, 0.15) is 24.0 Å². The van der Waals surface area contributed by atoms with Gasteiger partial charge in [0.25, 0.3) is 0 Å². The van der Waals surface area contributed by atoms with Gasteiger partial charge >= 0.3 is 0 Å². The van der Waals surface area contributed by atoms with E-state index in [1.54, 1.807) is 6.20 Å². The fourth-order valence-corrected chi connectivity index (χ4v) is 1.95. The van der Waals surface area contributed by atoms with Crippen LogP contribution < -0.4 is 10.1 Å². The summed E-state index contributed by atoms with van der Waals surface area (Å²) in [5.74, 6) is 0.442. The van der Waals surface area contributed by atoms with E-state index in [-0.39, 0.29) is 5.82 Å². The number of nitrogens with zero attached hydrogens (tertiary/aromatic N) is 1. The van der Waals surface area contributed by atoms with Crippen molar-refractivity contribution in [3.8, 4) is 5.75 Å². The maximum atomic E-state index is 13.0. The Balaban J connectivity index is 1.52. The minimum absolute atomic E-state index is 0.324. The first kappa shape index (κ1) is 13.1. The van der Waals surface area contributed by atoms with Gasteiger partial charge in [0, 0.05) is 24.3 Å². The van der Waals surface area contributed by atoms with Crippen LogP contribution in [0.5, 0.6) is 5.75 Å². The van der Waals surface area contributed by atoms with Crippen LogP contribution in [0.3, 0.4) is 0 Å². The van der Waals surface area contributed by atoms with Gasteiger partial charge in [-0.15, -0.1) is 0 Å². The quantitative estimate of drug-likeness (QED) is 0.877. The number of ether oxygens (including phenoxy) is 1. The van der Waals surface area contributed by atoms with E-state index in [0.717, 1.165) is 17.9 Å². The molecular weight excluding hydrogens is 255 g/mol. The summed E-state index contributed by atoms with van der Waals surface area (Å²) in [5, 5.41) is 3.47. The van der Waals surface area contributed by atoms with Crippen LogP contribution in [0.25, 0.3) is 0 Å². The number of hydrogen-bond donors (Lipinski definition) is 1. The van der Waals surface area contributed by atoms with Gasteiger partial charge in [-0.25, -0.2) is 4.39 Å². The van der Waals surface area contributed by atoms with Crippen LogP contribution in [-0.4, -0.2) is 11.0 Å². The lowest BCUT2D eigenvalue weighted by Gasteiger charge is -2.08. The van der Waals surface area contributed by atoms with Crippen molar-refractivity contribution in [2.24, 2.45) is 0 Å². The minimum atomic E-state index is -0.340. The number of benzene rings is 1. The molecule has 0 radical (unpaired) electrons. The first-order valence-electron chi connectivity index (χ1n) is 6.84. The third-order valence-electron chi connectivity index (χ3n) is 3.26. The second-order valence-corrected chi connectivity index (χ2v) is 5.10. The molecule has 0 spiro atoms. The van der Waals surface area contributed by atoms with Gasteiger partial charge in [-0.2, -0.15) is 0 Å². The maximum Gasteiger partial charge on any atom is 0.141 e. The molecule has 0 aliphatic heterocycles. The van der Waals surface area contributed by atoms with Gasteiger partial charge < -0.3 is 10.1 Å². The summed E-state index contributed by atoms with van der Waals surface area (Å²) in [6, 6.07) is 10.1. The molecule has 0 atom stereocenters. The van der Waals surface area contributed by atoms with Crippen LogP contribution >= 0.6 is 0 Å². The van der Waals surface area contributed by atoms with Crippen molar-refractivity contribution in [1.82, 2.24) is 10.3 Å². The van der Waals surface area contributed by atoms with Crippen molar-refractivity contribution in [1.29, 1.82) is 0 Å². The fraction of sp³-hybridized carbons (Fsp3) is 0.312. The van der Waals surface area contributed by atoms with E-state index < -0.39 is 0 Å². The molecule has 0 saturated heterocycles. The summed E-state index contributed by atoms with van der Waals surface area (Å²) in [7, 11) is 0. The van der Waals surface area contributed by atoms with E-state index >= 15 is 0 Å². The normalized spacial score (nSPS) is 14.2. The fourth-order valence-electron chi connectivity index (χ4n) is 1.95. The van der Waals surface area contributed by atoms with Gasteiger partial charge in [0.2, 0.25) is 0 Å². The van der Waals surface area contributed by atoms with Crippen LogP contribution in [-0.2, 0) is 13.2 Å². The van der Waals surface area contributed by atoms with Gasteiger partial charge in [0.05, 0.1) is 6.20 Å². The lowest BCUT2D eigenvalue weighted by Crippen LogP contribution is -2.15.